The van der Waals surface area contributed by atoms with Crippen molar-refractivity contribution in [2.24, 2.45) is 5.73 Å². The molecule has 2 aromatic carbocycles. The van der Waals surface area contributed by atoms with Crippen LogP contribution in [0.4, 0.5) is 4.39 Å². The van der Waals surface area contributed by atoms with E-state index in [0.29, 0.717) is 27.8 Å². The largest absolute Gasteiger partial charge is 0.496 e. The number of nitrogens with zero attached hydrogens (tertiary/aromatic N) is 2. The molecule has 1 aliphatic rings. The molecule has 5 nitrogen and oxygen atoms in total. The monoisotopic (exact) mass is 413 g/mol. The molecule has 1 saturated carbocycles. The van der Waals surface area contributed by atoms with Gasteiger partial charge in [-0.15, -0.1) is 0 Å². The zero-order valence-electron chi connectivity index (χ0n) is 16.2. The van der Waals surface area contributed by atoms with Crippen LogP contribution < -0.4 is 16.0 Å². The Hall–Kier alpha value is -2.70. The SMILES string of the molecule is C/C=C/c1c(-c2c(F)cccc2OC)c(Cl)cc2c(=O)n(C3CC(N)C3)cnc12. The van der Waals surface area contributed by atoms with Crippen molar-refractivity contribution in [3.63, 3.8) is 0 Å². The molecule has 0 spiro atoms. The minimum absolute atomic E-state index is 0.0460. The van der Waals surface area contributed by atoms with Gasteiger partial charge in [0.05, 0.1) is 34.9 Å². The van der Waals surface area contributed by atoms with E-state index in [4.69, 9.17) is 22.1 Å². The van der Waals surface area contributed by atoms with Crippen LogP contribution in [0.1, 0.15) is 31.4 Å². The van der Waals surface area contributed by atoms with E-state index in [0.717, 1.165) is 12.8 Å². The highest BCUT2D eigenvalue weighted by molar-refractivity contribution is 6.35. The van der Waals surface area contributed by atoms with Crippen LogP contribution in [-0.2, 0) is 0 Å². The van der Waals surface area contributed by atoms with Crippen molar-refractivity contribution in [1.29, 1.82) is 0 Å². The zero-order chi connectivity index (χ0) is 20.7. The Morgan fingerprint density at radius 1 is 1.34 bits per heavy atom. The smallest absolute Gasteiger partial charge is 0.261 e. The van der Waals surface area contributed by atoms with Crippen molar-refractivity contribution in [1.82, 2.24) is 9.55 Å². The molecule has 4 rings (SSSR count). The maximum absolute atomic E-state index is 14.8. The molecule has 29 heavy (non-hydrogen) atoms. The van der Waals surface area contributed by atoms with E-state index in [1.807, 2.05) is 6.92 Å². The van der Waals surface area contributed by atoms with Crippen molar-refractivity contribution < 1.29 is 9.13 Å². The Kier molecular flexibility index (Phi) is 5.15. The second kappa shape index (κ2) is 7.61. The Balaban J connectivity index is 2.03. The van der Waals surface area contributed by atoms with Crippen LogP contribution >= 0.6 is 11.6 Å². The molecule has 1 fully saturated rings. The lowest BCUT2D eigenvalue weighted by atomic mass is 9.87. The van der Waals surface area contributed by atoms with Gasteiger partial charge in [-0.25, -0.2) is 9.37 Å². The number of benzene rings is 2. The Morgan fingerprint density at radius 3 is 2.76 bits per heavy atom. The van der Waals surface area contributed by atoms with E-state index in [2.05, 4.69) is 4.98 Å². The summed E-state index contributed by atoms with van der Waals surface area (Å²) >= 11 is 6.60. The first-order valence-corrected chi connectivity index (χ1v) is 9.78. The molecular weight excluding hydrogens is 393 g/mol. The molecule has 1 heterocycles. The second-order valence-electron chi connectivity index (χ2n) is 7.20. The molecule has 1 aliphatic carbocycles. The van der Waals surface area contributed by atoms with Gasteiger partial charge in [-0.2, -0.15) is 0 Å². The van der Waals surface area contributed by atoms with Crippen molar-refractivity contribution >= 4 is 28.6 Å². The molecule has 1 aromatic heterocycles. The van der Waals surface area contributed by atoms with Crippen molar-refractivity contribution in [3.05, 3.63) is 63.4 Å². The molecule has 0 radical (unpaired) electrons. The lowest BCUT2D eigenvalue weighted by molar-refractivity contribution is 0.260. The number of ether oxygens (including phenoxy) is 1. The molecule has 0 aliphatic heterocycles. The van der Waals surface area contributed by atoms with E-state index >= 15 is 0 Å². The summed E-state index contributed by atoms with van der Waals surface area (Å²) in [6.07, 6.45) is 6.62. The number of fused-ring (bicyclic) bond motifs is 1. The standard InChI is InChI=1S/C22H21ClFN3O2/c1-3-5-14-19(20-17(24)6-4-7-18(20)29-2)16(23)10-15-21(14)26-11-27(22(15)28)13-8-12(25)9-13/h3-7,10-13H,8-9,25H2,1-2H3/b5-3+. The average Bonchev–Trinajstić information content (AvgIpc) is 2.67. The van der Waals surface area contributed by atoms with Gasteiger partial charge in [0.1, 0.15) is 11.6 Å². The topological polar surface area (TPSA) is 70.1 Å². The highest BCUT2D eigenvalue weighted by Crippen LogP contribution is 2.42. The van der Waals surface area contributed by atoms with E-state index in [9.17, 15) is 9.18 Å². The molecule has 2 N–H and O–H groups in total. The Labute approximate surface area is 172 Å². The summed E-state index contributed by atoms with van der Waals surface area (Å²) in [5, 5.41) is 0.654. The van der Waals surface area contributed by atoms with Crippen LogP contribution in [0.3, 0.4) is 0 Å². The zero-order valence-corrected chi connectivity index (χ0v) is 16.9. The van der Waals surface area contributed by atoms with Crippen LogP contribution in [0.2, 0.25) is 5.02 Å². The Morgan fingerprint density at radius 2 is 2.10 bits per heavy atom. The number of halogens is 2. The van der Waals surface area contributed by atoms with E-state index in [-0.39, 0.29) is 28.2 Å². The van der Waals surface area contributed by atoms with E-state index < -0.39 is 5.82 Å². The van der Waals surface area contributed by atoms with Gasteiger partial charge in [0.25, 0.3) is 5.56 Å². The lowest BCUT2D eigenvalue weighted by Gasteiger charge is -2.33. The minimum Gasteiger partial charge on any atom is -0.496 e. The molecule has 7 heteroatoms. The third kappa shape index (κ3) is 3.22. The molecule has 150 valence electrons. The van der Waals surface area contributed by atoms with Crippen LogP contribution in [-0.4, -0.2) is 22.7 Å². The summed E-state index contributed by atoms with van der Waals surface area (Å²) in [4.78, 5) is 17.7. The molecule has 0 unspecified atom stereocenters. The van der Waals surface area contributed by atoms with Gasteiger partial charge in [0.2, 0.25) is 0 Å². The predicted octanol–water partition coefficient (Wildman–Crippen LogP) is 4.56. The fraction of sp³-hybridized carbons (Fsp3) is 0.273. The maximum Gasteiger partial charge on any atom is 0.261 e. The van der Waals surface area contributed by atoms with Crippen molar-refractivity contribution in [2.45, 2.75) is 31.8 Å². The fourth-order valence-electron chi connectivity index (χ4n) is 3.89. The lowest BCUT2D eigenvalue weighted by Crippen LogP contribution is -2.41. The van der Waals surface area contributed by atoms with Gasteiger partial charge < -0.3 is 10.5 Å². The number of hydrogen-bond acceptors (Lipinski definition) is 4. The summed E-state index contributed by atoms with van der Waals surface area (Å²) in [5.41, 5.74) is 7.43. The first-order valence-electron chi connectivity index (χ1n) is 9.40. The summed E-state index contributed by atoms with van der Waals surface area (Å²) in [5.74, 6) is -0.109. The first-order chi connectivity index (χ1) is 14.0. The average molecular weight is 414 g/mol. The van der Waals surface area contributed by atoms with Gasteiger partial charge in [-0.1, -0.05) is 29.8 Å². The highest BCUT2D eigenvalue weighted by Gasteiger charge is 2.29. The number of rotatable bonds is 4. The summed E-state index contributed by atoms with van der Waals surface area (Å²) in [6.45, 7) is 1.84. The van der Waals surface area contributed by atoms with Crippen LogP contribution in [0.25, 0.3) is 28.1 Å². The van der Waals surface area contributed by atoms with E-state index in [1.165, 1.54) is 13.2 Å². The summed E-state index contributed by atoms with van der Waals surface area (Å²) < 4.78 is 21.8. The summed E-state index contributed by atoms with van der Waals surface area (Å²) in [6, 6.07) is 6.31. The summed E-state index contributed by atoms with van der Waals surface area (Å²) in [7, 11) is 1.48. The maximum atomic E-state index is 14.8. The third-order valence-electron chi connectivity index (χ3n) is 5.39. The fourth-order valence-corrected chi connectivity index (χ4v) is 4.20. The van der Waals surface area contributed by atoms with Crippen LogP contribution in [0, 0.1) is 5.82 Å². The molecule has 0 amide bonds. The number of hydrogen-bond donors (Lipinski definition) is 1. The normalized spacial score (nSPS) is 18.9. The molecule has 0 bridgehead atoms. The van der Waals surface area contributed by atoms with Gasteiger partial charge in [-0.3, -0.25) is 9.36 Å². The van der Waals surface area contributed by atoms with Gasteiger partial charge in [-0.05, 0) is 38.0 Å². The molecule has 3 aromatic rings. The van der Waals surface area contributed by atoms with Gasteiger partial charge in [0, 0.05) is 23.2 Å². The van der Waals surface area contributed by atoms with Gasteiger partial charge >= 0.3 is 0 Å². The van der Waals surface area contributed by atoms with Gasteiger partial charge in [0.15, 0.2) is 0 Å². The Bertz CT molecular complexity index is 1180. The van der Waals surface area contributed by atoms with Crippen molar-refractivity contribution in [2.75, 3.05) is 7.11 Å². The predicted molar refractivity (Wildman–Crippen MR) is 114 cm³/mol. The molecular formula is C22H21ClFN3O2. The van der Waals surface area contributed by atoms with Crippen LogP contribution in [0.15, 0.2) is 41.5 Å². The number of allylic oxidation sites excluding steroid dienone is 1. The first kappa shape index (κ1) is 19.6. The van der Waals surface area contributed by atoms with Crippen molar-refractivity contribution in [3.8, 4) is 16.9 Å². The van der Waals surface area contributed by atoms with E-state index in [1.54, 1.807) is 41.2 Å². The number of aromatic nitrogens is 2. The molecule has 0 atom stereocenters. The number of methoxy groups -OCH3 is 1. The minimum atomic E-state index is -0.465. The second-order valence-corrected chi connectivity index (χ2v) is 7.61. The third-order valence-corrected chi connectivity index (χ3v) is 5.69. The molecule has 0 saturated heterocycles. The highest BCUT2D eigenvalue weighted by atomic mass is 35.5. The quantitative estimate of drug-likeness (QED) is 0.680. The van der Waals surface area contributed by atoms with Crippen LogP contribution in [0.5, 0.6) is 5.75 Å². The number of nitrogens with two attached hydrogens (primary N) is 1.